The van der Waals surface area contributed by atoms with E-state index < -0.39 is 0 Å². The van der Waals surface area contributed by atoms with Gasteiger partial charge in [-0.15, -0.1) is 0 Å². The van der Waals surface area contributed by atoms with Gasteiger partial charge < -0.3 is 10.1 Å². The van der Waals surface area contributed by atoms with Crippen molar-refractivity contribution >= 4 is 5.69 Å². The van der Waals surface area contributed by atoms with Crippen LogP contribution in [-0.4, -0.2) is 16.9 Å². The van der Waals surface area contributed by atoms with Crippen molar-refractivity contribution < 1.29 is 4.74 Å². The van der Waals surface area contributed by atoms with Crippen LogP contribution in [0.4, 0.5) is 5.69 Å². The first-order chi connectivity index (χ1) is 10.4. The van der Waals surface area contributed by atoms with E-state index in [-0.39, 0.29) is 0 Å². The Bertz CT molecular complexity index is 708. The molecule has 0 aliphatic rings. The Balaban J connectivity index is 1.75. The third kappa shape index (κ3) is 3.05. The third-order valence-electron chi connectivity index (χ3n) is 3.29. The number of nitrogens with one attached hydrogen (secondary N) is 1. The topological polar surface area (TPSA) is 39.1 Å². The number of hydrogen-bond acceptors (Lipinski definition) is 3. The van der Waals surface area contributed by atoms with E-state index in [2.05, 4.69) is 22.5 Å². The summed E-state index contributed by atoms with van der Waals surface area (Å²) in [6, 6.07) is 18.1. The molecule has 0 saturated carbocycles. The van der Waals surface area contributed by atoms with Crippen LogP contribution in [0.15, 0.2) is 67.0 Å². The number of hydrogen-bond donors (Lipinski definition) is 1. The fraction of sp³-hybridized carbons (Fsp3) is 0.118. The fourth-order valence-corrected chi connectivity index (χ4v) is 2.23. The number of para-hydroxylation sites is 1. The summed E-state index contributed by atoms with van der Waals surface area (Å²) in [4.78, 5) is 0. The Kier molecular flexibility index (Phi) is 3.87. The quantitative estimate of drug-likeness (QED) is 0.777. The molecule has 0 unspecified atom stereocenters. The molecule has 2 aromatic carbocycles. The second-order valence-corrected chi connectivity index (χ2v) is 4.67. The molecule has 4 heteroatoms. The van der Waals surface area contributed by atoms with E-state index in [1.54, 1.807) is 13.3 Å². The van der Waals surface area contributed by atoms with Crippen LogP contribution < -0.4 is 10.1 Å². The Morgan fingerprint density at radius 3 is 2.81 bits per heavy atom. The molecular weight excluding hydrogens is 262 g/mol. The van der Waals surface area contributed by atoms with Crippen LogP contribution >= 0.6 is 0 Å². The van der Waals surface area contributed by atoms with E-state index in [0.717, 1.165) is 22.7 Å². The number of benzene rings is 2. The smallest absolute Gasteiger partial charge is 0.123 e. The molecular formula is C17H17N3O. The molecule has 0 spiro atoms. The summed E-state index contributed by atoms with van der Waals surface area (Å²) in [5.41, 5.74) is 3.21. The van der Waals surface area contributed by atoms with Crippen LogP contribution in [0.2, 0.25) is 0 Å². The van der Waals surface area contributed by atoms with Gasteiger partial charge in [0.15, 0.2) is 0 Å². The molecule has 1 N–H and O–H groups in total. The van der Waals surface area contributed by atoms with E-state index in [1.165, 1.54) is 0 Å². The predicted octanol–water partition coefficient (Wildman–Crippen LogP) is 3.49. The van der Waals surface area contributed by atoms with Gasteiger partial charge in [-0.2, -0.15) is 5.10 Å². The zero-order valence-electron chi connectivity index (χ0n) is 11.9. The van der Waals surface area contributed by atoms with Crippen molar-refractivity contribution in [3.8, 4) is 11.4 Å². The van der Waals surface area contributed by atoms with Gasteiger partial charge in [-0.3, -0.25) is 0 Å². The first-order valence-electron chi connectivity index (χ1n) is 6.82. The van der Waals surface area contributed by atoms with Gasteiger partial charge in [0.25, 0.3) is 0 Å². The second kappa shape index (κ2) is 6.13. The van der Waals surface area contributed by atoms with Crippen molar-refractivity contribution in [1.29, 1.82) is 0 Å². The van der Waals surface area contributed by atoms with E-state index in [9.17, 15) is 0 Å². The zero-order valence-corrected chi connectivity index (χ0v) is 11.9. The molecule has 0 atom stereocenters. The molecule has 4 nitrogen and oxygen atoms in total. The summed E-state index contributed by atoms with van der Waals surface area (Å²) in [6.45, 7) is 0.715. The molecule has 0 saturated heterocycles. The van der Waals surface area contributed by atoms with Gasteiger partial charge in [-0.25, -0.2) is 4.68 Å². The molecule has 0 aliphatic carbocycles. The number of anilines is 1. The largest absolute Gasteiger partial charge is 0.496 e. The zero-order chi connectivity index (χ0) is 14.5. The lowest BCUT2D eigenvalue weighted by molar-refractivity contribution is 0.410. The minimum atomic E-state index is 0.715. The molecule has 0 amide bonds. The average molecular weight is 279 g/mol. The van der Waals surface area contributed by atoms with E-state index in [1.807, 2.05) is 53.3 Å². The lowest BCUT2D eigenvalue weighted by Crippen LogP contribution is -2.02. The molecule has 21 heavy (non-hydrogen) atoms. The molecule has 0 bridgehead atoms. The molecule has 1 heterocycles. The third-order valence-corrected chi connectivity index (χ3v) is 3.29. The highest BCUT2D eigenvalue weighted by atomic mass is 16.5. The van der Waals surface area contributed by atoms with Crippen LogP contribution in [0.5, 0.6) is 5.75 Å². The van der Waals surface area contributed by atoms with Gasteiger partial charge in [0.2, 0.25) is 0 Å². The van der Waals surface area contributed by atoms with Crippen molar-refractivity contribution in [2.24, 2.45) is 0 Å². The number of nitrogens with zero attached hydrogens (tertiary/aromatic N) is 2. The van der Waals surface area contributed by atoms with Crippen molar-refractivity contribution in [2.75, 3.05) is 12.4 Å². The van der Waals surface area contributed by atoms with Crippen molar-refractivity contribution in [3.63, 3.8) is 0 Å². The molecule has 3 rings (SSSR count). The van der Waals surface area contributed by atoms with Crippen molar-refractivity contribution in [2.45, 2.75) is 6.54 Å². The van der Waals surface area contributed by atoms with E-state index >= 15 is 0 Å². The van der Waals surface area contributed by atoms with Gasteiger partial charge in [0.05, 0.1) is 12.8 Å². The lowest BCUT2D eigenvalue weighted by Gasteiger charge is -2.11. The van der Waals surface area contributed by atoms with Crippen molar-refractivity contribution in [3.05, 3.63) is 72.6 Å². The maximum absolute atomic E-state index is 5.36. The summed E-state index contributed by atoms with van der Waals surface area (Å²) in [5, 5.41) is 7.66. The summed E-state index contributed by atoms with van der Waals surface area (Å²) < 4.78 is 7.20. The highest BCUT2D eigenvalue weighted by Crippen LogP contribution is 2.20. The molecule has 0 aliphatic heterocycles. The highest BCUT2D eigenvalue weighted by molar-refractivity contribution is 5.51. The molecule has 0 radical (unpaired) electrons. The minimum absolute atomic E-state index is 0.715. The Hall–Kier alpha value is -2.75. The van der Waals surface area contributed by atoms with E-state index in [4.69, 9.17) is 4.74 Å². The first-order valence-corrected chi connectivity index (χ1v) is 6.82. The standard InChI is InChI=1S/C17H17N3O/c1-21-17-9-3-2-6-14(17)13-18-15-7-4-8-16(12-15)20-11-5-10-19-20/h2-12,18H,13H2,1H3. The fourth-order valence-electron chi connectivity index (χ4n) is 2.23. The number of aromatic nitrogens is 2. The van der Waals surface area contributed by atoms with Gasteiger partial charge in [0, 0.05) is 30.2 Å². The minimum Gasteiger partial charge on any atom is -0.496 e. The summed E-state index contributed by atoms with van der Waals surface area (Å²) >= 11 is 0. The monoisotopic (exact) mass is 279 g/mol. The van der Waals surface area contributed by atoms with Crippen molar-refractivity contribution in [1.82, 2.24) is 9.78 Å². The maximum Gasteiger partial charge on any atom is 0.123 e. The Labute approximate surface area is 124 Å². The van der Waals surface area contributed by atoms with Gasteiger partial charge in [-0.05, 0) is 30.3 Å². The normalized spacial score (nSPS) is 10.3. The van der Waals surface area contributed by atoms with Crippen LogP contribution in [-0.2, 0) is 6.54 Å². The molecule has 1 aromatic heterocycles. The summed E-state index contributed by atoms with van der Waals surface area (Å²) in [7, 11) is 1.69. The Morgan fingerprint density at radius 1 is 1.10 bits per heavy atom. The van der Waals surface area contributed by atoms with Crippen LogP contribution in [0, 0.1) is 0 Å². The predicted molar refractivity (Wildman–Crippen MR) is 83.9 cm³/mol. The number of methoxy groups -OCH3 is 1. The van der Waals surface area contributed by atoms with Crippen LogP contribution in [0.25, 0.3) is 5.69 Å². The molecule has 0 fully saturated rings. The second-order valence-electron chi connectivity index (χ2n) is 4.67. The first kappa shape index (κ1) is 13.2. The van der Waals surface area contributed by atoms with E-state index in [0.29, 0.717) is 6.54 Å². The SMILES string of the molecule is COc1ccccc1CNc1cccc(-n2cccn2)c1. The maximum atomic E-state index is 5.36. The van der Waals surface area contributed by atoms with Crippen LogP contribution in [0.1, 0.15) is 5.56 Å². The average Bonchev–Trinajstić information content (AvgIpc) is 3.08. The highest BCUT2D eigenvalue weighted by Gasteiger charge is 2.02. The van der Waals surface area contributed by atoms with Gasteiger partial charge in [-0.1, -0.05) is 24.3 Å². The number of rotatable bonds is 5. The Morgan fingerprint density at radius 2 is 2.00 bits per heavy atom. The molecule has 3 aromatic rings. The van der Waals surface area contributed by atoms with Gasteiger partial charge >= 0.3 is 0 Å². The molecule has 106 valence electrons. The number of ether oxygens (including phenoxy) is 1. The summed E-state index contributed by atoms with van der Waals surface area (Å²) in [5.74, 6) is 0.897. The van der Waals surface area contributed by atoms with Crippen LogP contribution in [0.3, 0.4) is 0 Å². The van der Waals surface area contributed by atoms with Gasteiger partial charge in [0.1, 0.15) is 5.75 Å². The summed E-state index contributed by atoms with van der Waals surface area (Å²) in [6.07, 6.45) is 3.70. The lowest BCUT2D eigenvalue weighted by atomic mass is 10.2.